The highest BCUT2D eigenvalue weighted by atomic mass is 16.6. The van der Waals surface area contributed by atoms with E-state index in [-0.39, 0.29) is 83.2 Å². The third-order valence-electron chi connectivity index (χ3n) is 11.4. The monoisotopic (exact) mass is 550 g/mol. The quantitative estimate of drug-likeness (QED) is 0.240. The van der Waals surface area contributed by atoms with Gasteiger partial charge in [0.15, 0.2) is 0 Å². The fourth-order valence-electron chi connectivity index (χ4n) is 9.34. The lowest BCUT2D eigenvalue weighted by Gasteiger charge is -2.59. The number of hydrogen-bond donors (Lipinski definition) is 0. The van der Waals surface area contributed by atoms with Crippen LogP contribution in [0.15, 0.2) is 0 Å². The number of carbonyl (C=O) groups is 3. The van der Waals surface area contributed by atoms with Crippen molar-refractivity contribution in [2.24, 2.45) is 52.3 Å². The number of rotatable bonds is 7. The first-order valence-electron chi connectivity index (χ1n) is 14.1. The summed E-state index contributed by atoms with van der Waals surface area (Å²) in [5.74, 6) is 2.39. The maximum Gasteiger partial charge on any atom is 0.312 e. The van der Waals surface area contributed by atoms with Crippen LogP contribution >= 0.6 is 0 Å². The zero-order chi connectivity index (χ0) is 24.9. The van der Waals surface area contributed by atoms with Crippen molar-refractivity contribution < 1.29 is 28.6 Å². The molecule has 0 aromatic carbocycles. The van der Waals surface area contributed by atoms with Gasteiger partial charge in [0.1, 0.15) is 17.8 Å². The molecule has 6 nitrogen and oxygen atoms in total. The largest absolute Gasteiger partial charge is 0.458 e. The predicted molar refractivity (Wildman–Crippen MR) is 155 cm³/mol. The molecule has 39 heavy (non-hydrogen) atoms. The summed E-state index contributed by atoms with van der Waals surface area (Å²) >= 11 is 0. The second-order valence-electron chi connectivity index (χ2n) is 14.1. The molecule has 7 fully saturated rings. The third kappa shape index (κ3) is 5.05. The second-order valence-corrected chi connectivity index (χ2v) is 14.1. The number of fused-ring (bicyclic) bond motifs is 1. The minimum absolute atomic E-state index is 0. The third-order valence-corrected chi connectivity index (χ3v) is 11.4. The molecule has 1 saturated heterocycles. The Balaban J connectivity index is 0.00000133. The van der Waals surface area contributed by atoms with Crippen molar-refractivity contribution in [3.05, 3.63) is 0 Å². The average Bonchev–Trinajstić information content (AvgIpc) is 3.42. The zero-order valence-corrected chi connectivity index (χ0v) is 22.0. The van der Waals surface area contributed by atoms with E-state index in [0.29, 0.717) is 24.7 Å². The van der Waals surface area contributed by atoms with Gasteiger partial charge in [0, 0.05) is 11.8 Å². The van der Waals surface area contributed by atoms with E-state index >= 15 is 0 Å². The fraction of sp³-hybridized carbons (Fsp3) is 0.909. The maximum absolute atomic E-state index is 13.6. The Morgan fingerprint density at radius 1 is 0.897 bits per heavy atom. The van der Waals surface area contributed by atoms with E-state index in [1.165, 1.54) is 32.1 Å². The van der Waals surface area contributed by atoms with Crippen molar-refractivity contribution in [3.63, 3.8) is 0 Å². The summed E-state index contributed by atoms with van der Waals surface area (Å²) in [5.41, 5.74) is -1.99. The van der Waals surface area contributed by atoms with Crippen LogP contribution in [0, 0.1) is 52.3 Å². The number of ether oxygens (including phenoxy) is 3. The van der Waals surface area contributed by atoms with E-state index in [2.05, 4.69) is 6.92 Å². The van der Waals surface area contributed by atoms with Gasteiger partial charge in [0.2, 0.25) is 0 Å². The molecule has 0 N–H and O–H groups in total. The molecule has 0 spiro atoms. The van der Waals surface area contributed by atoms with Gasteiger partial charge in [-0.05, 0) is 109 Å². The minimum atomic E-state index is -0.808. The van der Waals surface area contributed by atoms with Crippen LogP contribution in [0.2, 0.25) is 0 Å². The van der Waals surface area contributed by atoms with E-state index in [0.717, 1.165) is 24.7 Å². The summed E-state index contributed by atoms with van der Waals surface area (Å²) in [6.07, 6.45) is 8.10. The van der Waals surface area contributed by atoms with E-state index in [9.17, 15) is 14.4 Å². The van der Waals surface area contributed by atoms with Crippen LogP contribution in [0.3, 0.4) is 0 Å². The molecule has 6 saturated carbocycles. The number of hydrogen-bond acceptors (Lipinski definition) is 6. The van der Waals surface area contributed by atoms with Crippen molar-refractivity contribution in [2.75, 3.05) is 0 Å². The molecule has 1 aliphatic heterocycles. The lowest BCUT2D eigenvalue weighted by molar-refractivity contribution is -0.213. The zero-order valence-electron chi connectivity index (χ0n) is 22.0. The van der Waals surface area contributed by atoms with Crippen LogP contribution in [-0.4, -0.2) is 35.7 Å². The van der Waals surface area contributed by atoms with E-state index < -0.39 is 10.8 Å². The molecule has 6 heteroatoms. The highest BCUT2D eigenvalue weighted by Crippen LogP contribution is 2.60. The molecule has 226 valence electrons. The highest BCUT2D eigenvalue weighted by Gasteiger charge is 2.64. The Labute approximate surface area is 238 Å². The molecule has 6 aliphatic carbocycles. The Hall–Kier alpha value is -1.59. The van der Waals surface area contributed by atoms with Gasteiger partial charge in [-0.3, -0.25) is 14.4 Å². The maximum atomic E-state index is 13.6. The summed E-state index contributed by atoms with van der Waals surface area (Å²) in [7, 11) is 0. The Morgan fingerprint density at radius 2 is 1.46 bits per heavy atom. The molecule has 0 radical (unpaired) electrons. The van der Waals surface area contributed by atoms with Crippen LogP contribution in [0.5, 0.6) is 0 Å². The van der Waals surface area contributed by atoms with Gasteiger partial charge in [-0.15, -0.1) is 0 Å². The molecule has 0 aromatic heterocycles. The Kier molecular flexibility index (Phi) is 9.49. The number of esters is 3. The van der Waals surface area contributed by atoms with Crippen molar-refractivity contribution in [1.82, 2.24) is 0 Å². The van der Waals surface area contributed by atoms with Crippen LogP contribution in [0.25, 0.3) is 0 Å². The lowest BCUT2D eigenvalue weighted by atomic mass is 9.50. The van der Waals surface area contributed by atoms with Gasteiger partial charge in [0.25, 0.3) is 0 Å². The topological polar surface area (TPSA) is 78.9 Å². The summed E-state index contributed by atoms with van der Waals surface area (Å²) in [6.45, 7) is 9.89. The summed E-state index contributed by atoms with van der Waals surface area (Å²) in [6, 6.07) is 0. The normalized spacial score (nSPS) is 41.7. The van der Waals surface area contributed by atoms with Crippen LogP contribution in [-0.2, 0) is 28.6 Å². The Bertz CT molecular complexity index is 910. The molecule has 7 rings (SSSR count). The van der Waals surface area contributed by atoms with Gasteiger partial charge in [0.05, 0.1) is 16.7 Å². The SMILES string of the molecule is C.C.C.C.CCC(C)(CC(C)(C)C(=O)OC1(C)C2CC3CC(C2)CC1C3)C(=O)OC1C2CC3C(=O)OC1C3C2. The fourth-order valence-corrected chi connectivity index (χ4v) is 9.34. The Morgan fingerprint density at radius 3 is 2.00 bits per heavy atom. The highest BCUT2D eigenvalue weighted by molar-refractivity contribution is 5.81. The molecule has 0 amide bonds. The lowest BCUT2D eigenvalue weighted by Crippen LogP contribution is -2.59. The molecular formula is C33H58O6. The van der Waals surface area contributed by atoms with Gasteiger partial charge >= 0.3 is 17.9 Å². The molecule has 1 heterocycles. The molecule has 0 aromatic rings. The average molecular weight is 551 g/mol. The van der Waals surface area contributed by atoms with Crippen LogP contribution in [0.4, 0.5) is 0 Å². The van der Waals surface area contributed by atoms with Crippen molar-refractivity contribution >= 4 is 17.9 Å². The first kappa shape index (κ1) is 33.6. The molecular weight excluding hydrogens is 492 g/mol. The van der Waals surface area contributed by atoms with E-state index in [4.69, 9.17) is 14.2 Å². The minimum Gasteiger partial charge on any atom is -0.458 e. The van der Waals surface area contributed by atoms with Crippen molar-refractivity contribution in [3.8, 4) is 0 Å². The first-order valence-corrected chi connectivity index (χ1v) is 14.1. The molecule has 6 unspecified atom stereocenters. The second kappa shape index (κ2) is 11.0. The van der Waals surface area contributed by atoms with Crippen molar-refractivity contribution in [2.45, 2.75) is 140 Å². The van der Waals surface area contributed by atoms with Gasteiger partial charge in [-0.1, -0.05) is 36.6 Å². The molecule has 7 aliphatic rings. The van der Waals surface area contributed by atoms with Gasteiger partial charge < -0.3 is 14.2 Å². The summed E-state index contributed by atoms with van der Waals surface area (Å²) in [4.78, 5) is 39.3. The van der Waals surface area contributed by atoms with Crippen molar-refractivity contribution in [1.29, 1.82) is 0 Å². The predicted octanol–water partition coefficient (Wildman–Crippen LogP) is 7.61. The smallest absolute Gasteiger partial charge is 0.312 e. The van der Waals surface area contributed by atoms with Gasteiger partial charge in [-0.25, -0.2) is 0 Å². The standard InChI is InChI=1S/C29H42O6.4CH4/c1-6-28(4,26(32)34-22-17-12-20-21(13-17)24(30)33-23(20)22)14-27(2,3)25(31)35-29(5)18-8-15-7-16(10-18)11-19(29)9-15;;;;/h15-23H,6-14H2,1-5H3;4*1H4. The van der Waals surface area contributed by atoms with Crippen LogP contribution < -0.4 is 0 Å². The van der Waals surface area contributed by atoms with Gasteiger partial charge in [-0.2, -0.15) is 0 Å². The van der Waals surface area contributed by atoms with E-state index in [1.54, 1.807) is 0 Å². The molecule has 6 bridgehead atoms. The van der Waals surface area contributed by atoms with E-state index in [1.807, 2.05) is 27.7 Å². The molecule has 6 atom stereocenters. The first-order chi connectivity index (χ1) is 16.4. The van der Waals surface area contributed by atoms with Crippen LogP contribution in [0.1, 0.15) is 122 Å². The summed E-state index contributed by atoms with van der Waals surface area (Å²) < 4.78 is 18.1. The summed E-state index contributed by atoms with van der Waals surface area (Å²) in [5, 5.41) is 0. The number of carbonyl (C=O) groups excluding carboxylic acids is 3.